The average Bonchev–Trinajstić information content (AvgIpc) is 3.47. The first-order valence-electron chi connectivity index (χ1n) is 10.8. The first-order valence-corrected chi connectivity index (χ1v) is 11.2. The van der Waals surface area contributed by atoms with E-state index in [4.69, 9.17) is 21.4 Å². The number of nitrogens with one attached hydrogen (secondary N) is 1. The number of halogens is 2. The number of hydrogen-bond acceptors (Lipinski definition) is 4. The number of nitrogens with zero attached hydrogens (tertiary/aromatic N) is 2. The van der Waals surface area contributed by atoms with Crippen LogP contribution >= 0.6 is 11.6 Å². The molecule has 0 unspecified atom stereocenters. The van der Waals surface area contributed by atoms with Crippen molar-refractivity contribution in [3.63, 3.8) is 0 Å². The smallest absolute Gasteiger partial charge is 0.270 e. The van der Waals surface area contributed by atoms with E-state index >= 15 is 0 Å². The van der Waals surface area contributed by atoms with Crippen molar-refractivity contribution in [2.75, 3.05) is 26.8 Å². The molecule has 0 aliphatic carbocycles. The summed E-state index contributed by atoms with van der Waals surface area (Å²) in [6.45, 7) is 4.75. The Morgan fingerprint density at radius 2 is 1.94 bits per heavy atom. The van der Waals surface area contributed by atoms with Crippen LogP contribution in [-0.4, -0.2) is 53.2 Å². The number of aliphatic hydroxyl groups excluding tert-OH is 1. The second-order valence-electron chi connectivity index (χ2n) is 7.69. The largest absolute Gasteiger partial charge is 0.400 e. The molecular weight excluding hydrogens is 437 g/mol. The number of fused-ring (bicyclic) bond motifs is 1. The summed E-state index contributed by atoms with van der Waals surface area (Å²) in [5.41, 5.74) is 2.34. The van der Waals surface area contributed by atoms with Crippen molar-refractivity contribution in [1.29, 1.82) is 0 Å². The quantitative estimate of drug-likeness (QED) is 0.707. The van der Waals surface area contributed by atoms with Crippen molar-refractivity contribution in [1.82, 2.24) is 14.8 Å². The van der Waals surface area contributed by atoms with Gasteiger partial charge in [0.1, 0.15) is 11.5 Å². The normalized spacial score (nSPS) is 16.1. The third-order valence-corrected chi connectivity index (χ3v) is 6.14. The Morgan fingerprint density at radius 3 is 2.59 bits per heavy atom. The van der Waals surface area contributed by atoms with Crippen LogP contribution in [-0.2, 0) is 17.9 Å². The zero-order chi connectivity index (χ0) is 23.3. The molecule has 9 heteroatoms. The van der Waals surface area contributed by atoms with E-state index in [2.05, 4.69) is 5.32 Å². The Labute approximate surface area is 192 Å². The molecular formula is C23H29ClFN3O4. The van der Waals surface area contributed by atoms with Crippen LogP contribution in [0.1, 0.15) is 64.3 Å². The van der Waals surface area contributed by atoms with Crippen molar-refractivity contribution >= 4 is 23.4 Å². The molecule has 174 valence electrons. The van der Waals surface area contributed by atoms with Crippen molar-refractivity contribution in [3.8, 4) is 0 Å². The van der Waals surface area contributed by atoms with Gasteiger partial charge in [0, 0.05) is 31.8 Å². The van der Waals surface area contributed by atoms with Gasteiger partial charge in [-0.05, 0) is 43.0 Å². The van der Waals surface area contributed by atoms with Crippen LogP contribution < -0.4 is 5.32 Å². The minimum Gasteiger partial charge on any atom is -0.400 e. The molecule has 1 aromatic carbocycles. The summed E-state index contributed by atoms with van der Waals surface area (Å²) in [4.78, 5) is 28.0. The molecule has 2 aromatic rings. The third-order valence-electron chi connectivity index (χ3n) is 5.82. The lowest BCUT2D eigenvalue weighted by Crippen LogP contribution is -2.31. The predicted molar refractivity (Wildman–Crippen MR) is 119 cm³/mol. The number of ether oxygens (including phenoxy) is 1. The van der Waals surface area contributed by atoms with Gasteiger partial charge in [-0.2, -0.15) is 0 Å². The van der Waals surface area contributed by atoms with Crippen LogP contribution in [0.2, 0.25) is 5.02 Å². The molecule has 1 aromatic heterocycles. The molecule has 2 aliphatic rings. The minimum absolute atomic E-state index is 0.0386. The molecule has 0 bridgehead atoms. The van der Waals surface area contributed by atoms with Crippen LogP contribution in [0.15, 0.2) is 24.3 Å². The van der Waals surface area contributed by atoms with E-state index in [9.17, 15) is 14.0 Å². The molecule has 2 amide bonds. The van der Waals surface area contributed by atoms with Crippen molar-refractivity contribution in [3.05, 3.63) is 57.6 Å². The maximum absolute atomic E-state index is 13.4. The molecule has 32 heavy (non-hydrogen) atoms. The summed E-state index contributed by atoms with van der Waals surface area (Å²) in [5, 5.41) is 10.3. The number of hydrogen-bond donors (Lipinski definition) is 2. The lowest BCUT2D eigenvalue weighted by molar-refractivity contribution is 0.0714. The number of likely N-dealkylation sites (tertiary alicyclic amines) is 1. The Bertz CT molecular complexity index is 972. The maximum atomic E-state index is 13.4. The van der Waals surface area contributed by atoms with Crippen molar-refractivity contribution in [2.24, 2.45) is 0 Å². The summed E-state index contributed by atoms with van der Waals surface area (Å²) in [5.74, 6) is -0.756. The van der Waals surface area contributed by atoms with Crippen molar-refractivity contribution in [2.45, 2.75) is 45.4 Å². The number of aliphatic hydroxyl groups is 1. The van der Waals surface area contributed by atoms with Gasteiger partial charge in [0.15, 0.2) is 0 Å². The van der Waals surface area contributed by atoms with Gasteiger partial charge in [-0.25, -0.2) is 4.39 Å². The summed E-state index contributed by atoms with van der Waals surface area (Å²) in [6.07, 6.45) is 2.60. The van der Waals surface area contributed by atoms with E-state index in [1.54, 1.807) is 12.1 Å². The maximum Gasteiger partial charge on any atom is 0.270 e. The highest BCUT2D eigenvalue weighted by Crippen LogP contribution is 2.28. The molecule has 1 fully saturated rings. The summed E-state index contributed by atoms with van der Waals surface area (Å²) < 4.78 is 20.9. The minimum atomic E-state index is -0.423. The Morgan fingerprint density at radius 1 is 1.22 bits per heavy atom. The fourth-order valence-electron chi connectivity index (χ4n) is 4.20. The van der Waals surface area contributed by atoms with Crippen LogP contribution in [0, 0.1) is 5.82 Å². The average molecular weight is 466 g/mol. The fraction of sp³-hybridized carbons (Fsp3) is 0.478. The number of amides is 2. The highest BCUT2D eigenvalue weighted by Gasteiger charge is 2.30. The molecule has 0 saturated carbocycles. The highest BCUT2D eigenvalue weighted by molar-refractivity contribution is 6.31. The monoisotopic (exact) mass is 465 g/mol. The van der Waals surface area contributed by atoms with Gasteiger partial charge in [-0.1, -0.05) is 24.6 Å². The number of carbonyl (C=O) groups excluding carboxylic acids is 2. The predicted octanol–water partition coefficient (Wildman–Crippen LogP) is 3.54. The van der Waals surface area contributed by atoms with E-state index in [0.717, 1.165) is 33.0 Å². The fourth-order valence-corrected chi connectivity index (χ4v) is 4.50. The van der Waals surface area contributed by atoms with Crippen LogP contribution in [0.3, 0.4) is 0 Å². The van der Waals surface area contributed by atoms with Gasteiger partial charge in [-0.15, -0.1) is 0 Å². The van der Waals surface area contributed by atoms with Gasteiger partial charge < -0.3 is 24.6 Å². The zero-order valence-electron chi connectivity index (χ0n) is 18.4. The van der Waals surface area contributed by atoms with Gasteiger partial charge in [0.25, 0.3) is 11.8 Å². The molecule has 4 rings (SSSR count). The van der Waals surface area contributed by atoms with E-state index in [1.807, 2.05) is 16.4 Å². The summed E-state index contributed by atoms with van der Waals surface area (Å²) >= 11 is 6.20. The summed E-state index contributed by atoms with van der Waals surface area (Å²) in [6, 6.07) is 5.47. The first kappa shape index (κ1) is 24.2. The number of carbonyl (C=O) groups is 2. The van der Waals surface area contributed by atoms with Gasteiger partial charge in [0.2, 0.25) is 0 Å². The lowest BCUT2D eigenvalue weighted by atomic mass is 10.0. The Kier molecular flexibility index (Phi) is 8.28. The molecule has 1 atom stereocenters. The SMILES string of the molecule is CC[C@@H](NC(=O)c1cc(C(=O)N2CCCC2)n2c1COCC2)c1ccc(F)cc1Cl.CO. The Hall–Kier alpha value is -2.42. The van der Waals surface area contributed by atoms with Crippen molar-refractivity contribution < 1.29 is 23.8 Å². The van der Waals surface area contributed by atoms with Crippen LogP contribution in [0.25, 0.3) is 0 Å². The second-order valence-corrected chi connectivity index (χ2v) is 8.10. The van der Waals surface area contributed by atoms with Gasteiger partial charge >= 0.3 is 0 Å². The second kappa shape index (κ2) is 10.9. The molecule has 1 saturated heterocycles. The zero-order valence-corrected chi connectivity index (χ0v) is 19.1. The molecule has 3 heterocycles. The van der Waals surface area contributed by atoms with Crippen LogP contribution in [0.4, 0.5) is 4.39 Å². The standard InChI is InChI=1S/C22H25ClFN3O3.CH4O/c1-2-18(15-6-5-14(24)11-17(15)23)25-21(28)16-12-19(22(29)26-7-3-4-8-26)27-9-10-30-13-20(16)27;1-2/h5-6,11-12,18H,2-4,7-10,13H2,1H3,(H,25,28);2H,1H3/t18-;/m1./s1. The third kappa shape index (κ3) is 4.98. The number of rotatable bonds is 5. The molecule has 0 spiro atoms. The van der Waals surface area contributed by atoms with E-state index < -0.39 is 5.82 Å². The van der Waals surface area contributed by atoms with Gasteiger partial charge in [0.05, 0.1) is 30.5 Å². The topological polar surface area (TPSA) is 83.8 Å². The van der Waals surface area contributed by atoms with Crippen LogP contribution in [0.5, 0.6) is 0 Å². The van der Waals surface area contributed by atoms with E-state index in [-0.39, 0.29) is 29.5 Å². The number of aromatic nitrogens is 1. The lowest BCUT2D eigenvalue weighted by Gasteiger charge is -2.22. The molecule has 2 N–H and O–H groups in total. The molecule has 0 radical (unpaired) electrons. The van der Waals surface area contributed by atoms with E-state index in [1.165, 1.54) is 12.1 Å². The summed E-state index contributed by atoms with van der Waals surface area (Å²) in [7, 11) is 1.00. The Balaban J connectivity index is 0.00000141. The highest BCUT2D eigenvalue weighted by atomic mass is 35.5. The van der Waals surface area contributed by atoms with E-state index in [0.29, 0.717) is 42.1 Å². The molecule has 7 nitrogen and oxygen atoms in total. The number of benzene rings is 1. The first-order chi connectivity index (χ1) is 15.5. The van der Waals surface area contributed by atoms with Gasteiger partial charge in [-0.3, -0.25) is 9.59 Å². The molecule has 2 aliphatic heterocycles.